The second kappa shape index (κ2) is 8.65. The molecule has 1 aromatic heterocycles. The Hall–Kier alpha value is -1.36. The molecule has 0 radical (unpaired) electrons. The average Bonchev–Trinajstić information content (AvgIpc) is 2.83. The summed E-state index contributed by atoms with van der Waals surface area (Å²) in [6.07, 6.45) is 5.91. The summed E-state index contributed by atoms with van der Waals surface area (Å²) in [7, 11) is 0. The van der Waals surface area contributed by atoms with Crippen LogP contribution in [0.1, 0.15) is 74.2 Å². The fourth-order valence-electron chi connectivity index (χ4n) is 3.36. The second-order valence-electron chi connectivity index (χ2n) is 6.97. The Labute approximate surface area is 149 Å². The summed E-state index contributed by atoms with van der Waals surface area (Å²) in [6, 6.07) is 0. The van der Waals surface area contributed by atoms with Crippen LogP contribution in [0.15, 0.2) is 0 Å². The largest absolute Gasteiger partial charge is 0.462 e. The normalized spacial score (nSPS) is 16.8. The van der Waals surface area contributed by atoms with Crippen molar-refractivity contribution in [1.82, 2.24) is 0 Å². The van der Waals surface area contributed by atoms with Gasteiger partial charge in [0, 0.05) is 11.3 Å². The van der Waals surface area contributed by atoms with Gasteiger partial charge in [-0.2, -0.15) is 0 Å². The van der Waals surface area contributed by atoms with Gasteiger partial charge in [-0.25, -0.2) is 4.79 Å². The van der Waals surface area contributed by atoms with Crippen molar-refractivity contribution in [3.8, 4) is 0 Å². The van der Waals surface area contributed by atoms with Crippen molar-refractivity contribution in [3.05, 3.63) is 16.0 Å². The number of amides is 1. The first kappa shape index (κ1) is 19.0. The Morgan fingerprint density at radius 1 is 1.33 bits per heavy atom. The van der Waals surface area contributed by atoms with E-state index in [2.05, 4.69) is 12.2 Å². The summed E-state index contributed by atoms with van der Waals surface area (Å²) in [5.41, 5.74) is 1.70. The van der Waals surface area contributed by atoms with Crippen LogP contribution in [0.2, 0.25) is 0 Å². The quantitative estimate of drug-likeness (QED) is 0.717. The van der Waals surface area contributed by atoms with E-state index >= 15 is 0 Å². The molecule has 0 unspecified atom stereocenters. The molecule has 1 atom stereocenters. The van der Waals surface area contributed by atoms with E-state index in [0.29, 0.717) is 35.4 Å². The molecule has 24 heavy (non-hydrogen) atoms. The van der Waals surface area contributed by atoms with Gasteiger partial charge in [-0.1, -0.05) is 33.6 Å². The van der Waals surface area contributed by atoms with Crippen molar-refractivity contribution >= 4 is 28.2 Å². The zero-order chi connectivity index (χ0) is 17.7. The molecule has 1 amide bonds. The van der Waals surface area contributed by atoms with Gasteiger partial charge in [0.1, 0.15) is 5.00 Å². The number of esters is 1. The number of anilines is 1. The van der Waals surface area contributed by atoms with E-state index in [-0.39, 0.29) is 11.9 Å². The van der Waals surface area contributed by atoms with Gasteiger partial charge in [-0.15, -0.1) is 11.3 Å². The Morgan fingerprint density at radius 3 is 2.71 bits per heavy atom. The Morgan fingerprint density at radius 2 is 2.08 bits per heavy atom. The van der Waals surface area contributed by atoms with E-state index in [0.717, 1.165) is 24.8 Å². The lowest BCUT2D eigenvalue weighted by Crippen LogP contribution is -2.18. The number of nitrogens with one attached hydrogen (secondary N) is 1. The third-order valence-electron chi connectivity index (χ3n) is 4.39. The van der Waals surface area contributed by atoms with E-state index < -0.39 is 0 Å². The molecule has 1 aliphatic rings. The first-order valence-corrected chi connectivity index (χ1v) is 9.89. The fraction of sp³-hybridized carbons (Fsp3) is 0.684. The number of fused-ring (bicyclic) bond motifs is 1. The van der Waals surface area contributed by atoms with E-state index in [9.17, 15) is 9.59 Å². The molecule has 0 aliphatic heterocycles. The zero-order valence-corrected chi connectivity index (χ0v) is 16.1. The van der Waals surface area contributed by atoms with Gasteiger partial charge in [0.25, 0.3) is 0 Å². The minimum atomic E-state index is -0.302. The summed E-state index contributed by atoms with van der Waals surface area (Å²) in [5.74, 6) is 0.651. The molecule has 1 aromatic rings. The zero-order valence-electron chi connectivity index (χ0n) is 15.2. The second-order valence-corrected chi connectivity index (χ2v) is 8.08. The maximum absolute atomic E-state index is 12.4. The molecule has 1 heterocycles. The molecule has 0 spiro atoms. The molecular weight excluding hydrogens is 322 g/mol. The summed E-state index contributed by atoms with van der Waals surface area (Å²) < 4.78 is 5.25. The molecule has 0 saturated carbocycles. The first-order valence-electron chi connectivity index (χ1n) is 9.07. The molecule has 0 aromatic carbocycles. The van der Waals surface area contributed by atoms with Crippen LogP contribution < -0.4 is 5.32 Å². The molecule has 0 saturated heterocycles. The third kappa shape index (κ3) is 4.59. The van der Waals surface area contributed by atoms with Crippen molar-refractivity contribution in [1.29, 1.82) is 0 Å². The van der Waals surface area contributed by atoms with Crippen LogP contribution in [0.25, 0.3) is 0 Å². The van der Waals surface area contributed by atoms with E-state index in [1.165, 1.54) is 17.7 Å². The summed E-state index contributed by atoms with van der Waals surface area (Å²) >= 11 is 1.57. The monoisotopic (exact) mass is 351 g/mol. The molecule has 1 aliphatic carbocycles. The van der Waals surface area contributed by atoms with Crippen LogP contribution in [0.4, 0.5) is 5.00 Å². The topological polar surface area (TPSA) is 55.4 Å². The summed E-state index contributed by atoms with van der Waals surface area (Å²) in [4.78, 5) is 25.9. The molecular formula is C19H29NO3S. The molecule has 0 bridgehead atoms. The van der Waals surface area contributed by atoms with Crippen LogP contribution in [0, 0.1) is 11.8 Å². The minimum Gasteiger partial charge on any atom is -0.462 e. The van der Waals surface area contributed by atoms with Crippen LogP contribution in [-0.4, -0.2) is 18.5 Å². The van der Waals surface area contributed by atoms with E-state index in [1.807, 2.05) is 20.8 Å². The molecule has 5 heteroatoms. The van der Waals surface area contributed by atoms with E-state index in [4.69, 9.17) is 4.74 Å². The van der Waals surface area contributed by atoms with Gasteiger partial charge in [0.15, 0.2) is 0 Å². The predicted molar refractivity (Wildman–Crippen MR) is 98.8 cm³/mol. The molecule has 134 valence electrons. The highest BCUT2D eigenvalue weighted by atomic mass is 32.1. The van der Waals surface area contributed by atoms with Crippen LogP contribution in [0.3, 0.4) is 0 Å². The average molecular weight is 352 g/mol. The highest BCUT2D eigenvalue weighted by molar-refractivity contribution is 7.17. The van der Waals surface area contributed by atoms with Crippen LogP contribution >= 0.6 is 11.3 Å². The Balaban J connectivity index is 2.28. The summed E-state index contributed by atoms with van der Waals surface area (Å²) in [6.45, 7) is 8.40. The predicted octanol–water partition coefficient (Wildman–Crippen LogP) is 4.81. The lowest BCUT2D eigenvalue weighted by atomic mass is 9.84. The van der Waals surface area contributed by atoms with Crippen molar-refractivity contribution in [3.63, 3.8) is 0 Å². The van der Waals surface area contributed by atoms with Crippen LogP contribution in [0.5, 0.6) is 0 Å². The highest BCUT2D eigenvalue weighted by Crippen LogP contribution is 2.41. The van der Waals surface area contributed by atoms with Crippen molar-refractivity contribution < 1.29 is 14.3 Å². The number of thiophene rings is 1. The van der Waals surface area contributed by atoms with Gasteiger partial charge in [0.05, 0.1) is 12.2 Å². The molecule has 4 nitrogen and oxygen atoms in total. The number of carbonyl (C=O) groups excluding carboxylic acids is 2. The number of rotatable bonds is 7. The fourth-order valence-corrected chi connectivity index (χ4v) is 4.73. The summed E-state index contributed by atoms with van der Waals surface area (Å²) in [5, 5.41) is 3.65. The van der Waals surface area contributed by atoms with Crippen LogP contribution in [-0.2, 0) is 22.4 Å². The van der Waals surface area contributed by atoms with Crippen molar-refractivity contribution in [2.24, 2.45) is 11.8 Å². The minimum absolute atomic E-state index is 0.0285. The third-order valence-corrected chi connectivity index (χ3v) is 5.56. The molecule has 2 rings (SSSR count). The van der Waals surface area contributed by atoms with Gasteiger partial charge in [0.2, 0.25) is 5.91 Å². The Bertz CT molecular complexity index is 592. The van der Waals surface area contributed by atoms with E-state index in [1.54, 1.807) is 11.3 Å². The highest BCUT2D eigenvalue weighted by Gasteiger charge is 2.30. The maximum atomic E-state index is 12.4. The standard InChI is InChI=1S/C19H29NO3S/c1-5-7-13-8-9-14-15(11-13)24-18(17(14)19(22)23-6-2)20-16(21)10-12(3)4/h12-13H,5-11H2,1-4H3,(H,20,21)/t13-/m1/s1. The van der Waals surface area contributed by atoms with Gasteiger partial charge in [-0.05, 0) is 43.6 Å². The Kier molecular flexibility index (Phi) is 6.84. The van der Waals surface area contributed by atoms with Crippen molar-refractivity contribution in [2.45, 2.75) is 66.2 Å². The molecule has 1 N–H and O–H groups in total. The van der Waals surface area contributed by atoms with Crippen molar-refractivity contribution in [2.75, 3.05) is 11.9 Å². The maximum Gasteiger partial charge on any atom is 0.341 e. The number of hydrogen-bond donors (Lipinski definition) is 1. The number of carbonyl (C=O) groups is 2. The lowest BCUT2D eigenvalue weighted by molar-refractivity contribution is -0.116. The smallest absolute Gasteiger partial charge is 0.341 e. The number of ether oxygens (including phenoxy) is 1. The molecule has 0 fully saturated rings. The van der Waals surface area contributed by atoms with Gasteiger partial charge >= 0.3 is 5.97 Å². The van der Waals surface area contributed by atoms with Gasteiger partial charge < -0.3 is 10.1 Å². The SMILES string of the molecule is CCC[C@@H]1CCc2c(sc(NC(=O)CC(C)C)c2C(=O)OCC)C1. The first-order chi connectivity index (χ1) is 11.5. The van der Waals surface area contributed by atoms with Gasteiger partial charge in [-0.3, -0.25) is 4.79 Å². The number of hydrogen-bond acceptors (Lipinski definition) is 4. The lowest BCUT2D eigenvalue weighted by Gasteiger charge is -2.21.